The number of aromatic nitrogens is 2. The zero-order valence-electron chi connectivity index (χ0n) is 16.8. The molecular formula is C21H30ClFN4O2. The SMILES string of the molecule is CN(CCCCCc1cc(-c2cccc(F)c2)n[nH]1)C(=O)[C@@H]1CC[C@H](CN)O1.Cl. The van der Waals surface area contributed by atoms with Gasteiger partial charge in [0.25, 0.3) is 5.91 Å². The highest BCUT2D eigenvalue weighted by Gasteiger charge is 2.31. The number of rotatable bonds is 9. The van der Waals surface area contributed by atoms with Crippen LogP contribution in [0.15, 0.2) is 30.3 Å². The lowest BCUT2D eigenvalue weighted by Gasteiger charge is -2.21. The second kappa shape index (κ2) is 11.3. The number of hydrogen-bond acceptors (Lipinski definition) is 4. The lowest BCUT2D eigenvalue weighted by atomic mass is 10.1. The summed E-state index contributed by atoms with van der Waals surface area (Å²) >= 11 is 0. The molecule has 1 fully saturated rings. The van der Waals surface area contributed by atoms with Crippen LogP contribution in [0.1, 0.15) is 37.8 Å². The van der Waals surface area contributed by atoms with Crippen molar-refractivity contribution in [2.45, 2.75) is 50.7 Å². The predicted molar refractivity (Wildman–Crippen MR) is 113 cm³/mol. The summed E-state index contributed by atoms with van der Waals surface area (Å²) < 4.78 is 19.0. The maximum Gasteiger partial charge on any atom is 0.251 e. The molecule has 6 nitrogen and oxygen atoms in total. The van der Waals surface area contributed by atoms with Crippen LogP contribution in [0.2, 0.25) is 0 Å². The zero-order valence-corrected chi connectivity index (χ0v) is 17.6. The van der Waals surface area contributed by atoms with Gasteiger partial charge in [-0.2, -0.15) is 5.10 Å². The number of unbranched alkanes of at least 4 members (excludes halogenated alkanes) is 2. The molecule has 160 valence electrons. The number of aromatic amines is 1. The molecule has 0 saturated carbocycles. The minimum atomic E-state index is -0.329. The van der Waals surface area contributed by atoms with Crippen LogP contribution >= 0.6 is 12.4 Å². The highest BCUT2D eigenvalue weighted by atomic mass is 35.5. The van der Waals surface area contributed by atoms with E-state index in [1.807, 2.05) is 19.2 Å². The standard InChI is InChI=1S/C21H29FN4O2.ClH/c1-26(21(27)20-10-9-18(14-23)28-20)11-4-2-3-8-17-13-19(25-24-17)15-6-5-7-16(22)12-15;/h5-7,12-13,18,20H,2-4,8-11,14,23H2,1H3,(H,24,25);1H/t18-,20+;/m1./s1. The molecular weight excluding hydrogens is 395 g/mol. The Labute approximate surface area is 177 Å². The summed E-state index contributed by atoms with van der Waals surface area (Å²) in [4.78, 5) is 14.1. The summed E-state index contributed by atoms with van der Waals surface area (Å²) in [5.41, 5.74) is 8.17. The van der Waals surface area contributed by atoms with Crippen LogP contribution < -0.4 is 5.73 Å². The molecule has 3 rings (SSSR count). The molecule has 29 heavy (non-hydrogen) atoms. The highest BCUT2D eigenvalue weighted by molar-refractivity contribution is 5.85. The number of nitrogens with one attached hydrogen (secondary N) is 1. The summed E-state index contributed by atoms with van der Waals surface area (Å²) in [6.07, 6.45) is 5.16. The van der Waals surface area contributed by atoms with Crippen molar-refractivity contribution in [3.8, 4) is 11.3 Å². The third-order valence-electron chi connectivity index (χ3n) is 5.21. The van der Waals surface area contributed by atoms with Crippen molar-refractivity contribution in [3.05, 3.63) is 41.8 Å². The summed E-state index contributed by atoms with van der Waals surface area (Å²) in [5, 5.41) is 7.29. The van der Waals surface area contributed by atoms with Crippen molar-refractivity contribution in [2.24, 2.45) is 5.73 Å². The Morgan fingerprint density at radius 2 is 2.14 bits per heavy atom. The normalized spacial score (nSPS) is 18.4. The average Bonchev–Trinajstić information content (AvgIpc) is 3.36. The maximum absolute atomic E-state index is 13.3. The number of likely N-dealkylation sites (N-methyl/N-ethyl adjacent to an activating group) is 1. The van der Waals surface area contributed by atoms with Gasteiger partial charge >= 0.3 is 0 Å². The van der Waals surface area contributed by atoms with Gasteiger partial charge in [-0.05, 0) is 50.3 Å². The minimum absolute atomic E-state index is 0. The molecule has 2 heterocycles. The number of nitrogens with two attached hydrogens (primary N) is 1. The van der Waals surface area contributed by atoms with Gasteiger partial charge in [-0.3, -0.25) is 9.89 Å². The highest BCUT2D eigenvalue weighted by Crippen LogP contribution is 2.21. The molecule has 1 aliphatic heterocycles. The van der Waals surface area contributed by atoms with Crippen molar-refractivity contribution in [2.75, 3.05) is 20.1 Å². The second-order valence-electron chi connectivity index (χ2n) is 7.42. The van der Waals surface area contributed by atoms with Gasteiger partial charge in [-0.1, -0.05) is 18.6 Å². The van der Waals surface area contributed by atoms with Gasteiger partial charge < -0.3 is 15.4 Å². The molecule has 1 saturated heterocycles. The lowest BCUT2D eigenvalue weighted by Crippen LogP contribution is -2.37. The molecule has 0 bridgehead atoms. The van der Waals surface area contributed by atoms with Crippen molar-refractivity contribution in [1.82, 2.24) is 15.1 Å². The van der Waals surface area contributed by atoms with E-state index in [-0.39, 0.29) is 36.3 Å². The van der Waals surface area contributed by atoms with Crippen LogP contribution in [-0.4, -0.2) is 53.3 Å². The number of aryl methyl sites for hydroxylation is 1. The molecule has 1 amide bonds. The first kappa shape index (κ1) is 23.3. The topological polar surface area (TPSA) is 84.2 Å². The molecule has 2 atom stereocenters. The van der Waals surface area contributed by atoms with Crippen LogP contribution in [0.4, 0.5) is 4.39 Å². The molecule has 0 radical (unpaired) electrons. The first-order chi connectivity index (χ1) is 13.6. The van der Waals surface area contributed by atoms with Crippen molar-refractivity contribution >= 4 is 18.3 Å². The molecule has 0 aliphatic carbocycles. The van der Waals surface area contributed by atoms with E-state index in [1.54, 1.807) is 11.0 Å². The van der Waals surface area contributed by atoms with E-state index in [1.165, 1.54) is 12.1 Å². The zero-order chi connectivity index (χ0) is 19.9. The Hall–Kier alpha value is -1.96. The van der Waals surface area contributed by atoms with E-state index in [2.05, 4.69) is 10.2 Å². The monoisotopic (exact) mass is 424 g/mol. The molecule has 0 spiro atoms. The second-order valence-corrected chi connectivity index (χ2v) is 7.42. The minimum Gasteiger partial charge on any atom is -0.364 e. The number of halogens is 2. The number of H-pyrrole nitrogens is 1. The van der Waals surface area contributed by atoms with Gasteiger partial charge in [-0.15, -0.1) is 12.4 Å². The number of hydrogen-bond donors (Lipinski definition) is 2. The van der Waals surface area contributed by atoms with Crippen molar-refractivity contribution in [1.29, 1.82) is 0 Å². The van der Waals surface area contributed by atoms with Crippen LogP contribution in [0, 0.1) is 5.82 Å². The third-order valence-corrected chi connectivity index (χ3v) is 5.21. The predicted octanol–water partition coefficient (Wildman–Crippen LogP) is 3.32. The van der Waals surface area contributed by atoms with Crippen molar-refractivity contribution < 1.29 is 13.9 Å². The molecule has 3 N–H and O–H groups in total. The summed E-state index contributed by atoms with van der Waals surface area (Å²) in [6, 6.07) is 8.41. The van der Waals surface area contributed by atoms with Crippen molar-refractivity contribution in [3.63, 3.8) is 0 Å². The van der Waals surface area contributed by atoms with E-state index in [9.17, 15) is 9.18 Å². The Balaban J connectivity index is 0.00000300. The lowest BCUT2D eigenvalue weighted by molar-refractivity contribution is -0.141. The molecule has 2 aromatic rings. The first-order valence-electron chi connectivity index (χ1n) is 9.97. The fraction of sp³-hybridized carbons (Fsp3) is 0.524. The fourth-order valence-electron chi connectivity index (χ4n) is 3.54. The summed E-state index contributed by atoms with van der Waals surface area (Å²) in [6.45, 7) is 1.20. The molecule has 1 aliphatic rings. The Bertz CT molecular complexity index is 786. The average molecular weight is 425 g/mol. The number of nitrogens with zero attached hydrogens (tertiary/aromatic N) is 2. The number of carbonyl (C=O) groups is 1. The van der Waals surface area contributed by atoms with Crippen LogP contribution in [-0.2, 0) is 16.0 Å². The number of benzene rings is 1. The Morgan fingerprint density at radius 3 is 2.86 bits per heavy atom. The molecule has 8 heteroatoms. The Kier molecular flexibility index (Phi) is 9.07. The van der Waals surface area contributed by atoms with Gasteiger partial charge in [-0.25, -0.2) is 4.39 Å². The van der Waals surface area contributed by atoms with E-state index in [0.717, 1.165) is 62.0 Å². The smallest absolute Gasteiger partial charge is 0.251 e. The first-order valence-corrected chi connectivity index (χ1v) is 9.97. The largest absolute Gasteiger partial charge is 0.364 e. The molecule has 1 aromatic heterocycles. The van der Waals surface area contributed by atoms with Gasteiger partial charge in [0.05, 0.1) is 11.8 Å². The number of amides is 1. The van der Waals surface area contributed by atoms with E-state index >= 15 is 0 Å². The van der Waals surface area contributed by atoms with E-state index < -0.39 is 0 Å². The molecule has 1 aromatic carbocycles. The van der Waals surface area contributed by atoms with Gasteiger partial charge in [0.2, 0.25) is 0 Å². The van der Waals surface area contributed by atoms with E-state index in [0.29, 0.717) is 6.54 Å². The van der Waals surface area contributed by atoms with E-state index in [4.69, 9.17) is 10.5 Å². The van der Waals surface area contributed by atoms with Crippen LogP contribution in [0.5, 0.6) is 0 Å². The van der Waals surface area contributed by atoms with Gasteiger partial charge in [0.1, 0.15) is 11.9 Å². The molecule has 0 unspecified atom stereocenters. The van der Waals surface area contributed by atoms with Crippen LogP contribution in [0.25, 0.3) is 11.3 Å². The summed E-state index contributed by atoms with van der Waals surface area (Å²) in [7, 11) is 1.83. The van der Waals surface area contributed by atoms with Gasteiger partial charge in [0.15, 0.2) is 0 Å². The van der Waals surface area contributed by atoms with Crippen LogP contribution in [0.3, 0.4) is 0 Å². The maximum atomic E-state index is 13.3. The summed E-state index contributed by atoms with van der Waals surface area (Å²) in [5.74, 6) is -0.202. The third kappa shape index (κ3) is 6.52. The fourth-order valence-corrected chi connectivity index (χ4v) is 3.54. The van der Waals surface area contributed by atoms with Gasteiger partial charge in [0, 0.05) is 31.4 Å². The quantitative estimate of drug-likeness (QED) is 0.605. The number of ether oxygens (including phenoxy) is 1. The number of carbonyl (C=O) groups excluding carboxylic acids is 1. The Morgan fingerprint density at radius 1 is 1.31 bits per heavy atom.